The predicted molar refractivity (Wildman–Crippen MR) is 68.9 cm³/mol. The van der Waals surface area contributed by atoms with Crippen molar-refractivity contribution < 1.29 is 4.79 Å². The molecule has 1 amide bonds. The van der Waals surface area contributed by atoms with E-state index in [4.69, 9.17) is 0 Å². The first-order chi connectivity index (χ1) is 7.75. The molecule has 0 spiro atoms. The van der Waals surface area contributed by atoms with Crippen molar-refractivity contribution in [1.82, 2.24) is 8.75 Å². The summed E-state index contributed by atoms with van der Waals surface area (Å²) in [5, 5.41) is 6.74. The van der Waals surface area contributed by atoms with Crippen LogP contribution in [-0.4, -0.2) is 14.7 Å². The van der Waals surface area contributed by atoms with Gasteiger partial charge in [-0.15, -0.1) is 0 Å². The van der Waals surface area contributed by atoms with E-state index >= 15 is 0 Å². The third-order valence-corrected chi connectivity index (χ3v) is 4.25. The van der Waals surface area contributed by atoms with Gasteiger partial charge in [0.1, 0.15) is 0 Å². The molecule has 2 aromatic heterocycles. The molecule has 2 heterocycles. The van der Waals surface area contributed by atoms with Gasteiger partial charge < -0.3 is 5.32 Å². The van der Waals surface area contributed by atoms with Crippen LogP contribution in [0.2, 0.25) is 0 Å². The van der Waals surface area contributed by atoms with Gasteiger partial charge in [-0.05, 0) is 33.3 Å². The Morgan fingerprint density at radius 3 is 3.00 bits per heavy atom. The molecule has 7 heteroatoms. The molecule has 0 saturated carbocycles. The van der Waals surface area contributed by atoms with Crippen LogP contribution in [0.4, 0.5) is 5.82 Å². The minimum Gasteiger partial charge on any atom is -0.308 e. The van der Waals surface area contributed by atoms with Crippen LogP contribution < -0.4 is 5.32 Å². The number of hydrogen-bond donors (Lipinski definition) is 1. The molecule has 1 N–H and O–H groups in total. The van der Waals surface area contributed by atoms with Crippen molar-refractivity contribution in [2.24, 2.45) is 0 Å². The number of amides is 1. The van der Waals surface area contributed by atoms with Gasteiger partial charge in [0.2, 0.25) is 5.91 Å². The van der Waals surface area contributed by atoms with Crippen LogP contribution in [0.25, 0.3) is 0 Å². The number of nitrogens with one attached hydrogen (secondary N) is 1. The number of rotatable bonds is 4. The molecule has 0 atom stereocenters. The van der Waals surface area contributed by atoms with Crippen molar-refractivity contribution in [1.29, 1.82) is 0 Å². The zero-order valence-corrected chi connectivity index (χ0v) is 11.4. The van der Waals surface area contributed by atoms with Gasteiger partial charge in [0.25, 0.3) is 0 Å². The van der Waals surface area contributed by atoms with Gasteiger partial charge in [0.15, 0.2) is 5.82 Å². The molecule has 0 fully saturated rings. The minimum absolute atomic E-state index is 0.0363. The number of nitrogens with zero attached hydrogens (tertiary/aromatic N) is 2. The van der Waals surface area contributed by atoms with Crippen molar-refractivity contribution >= 4 is 50.7 Å². The third-order valence-electron chi connectivity index (χ3n) is 1.94. The van der Waals surface area contributed by atoms with E-state index in [1.54, 1.807) is 17.5 Å². The molecule has 0 aliphatic heterocycles. The number of thiophene rings is 1. The summed E-state index contributed by atoms with van der Waals surface area (Å²) in [5.74, 6) is 0.491. The van der Waals surface area contributed by atoms with Crippen LogP contribution in [0.15, 0.2) is 21.4 Å². The third kappa shape index (κ3) is 3.10. The summed E-state index contributed by atoms with van der Waals surface area (Å²) in [6.45, 7) is 0. The Labute approximate surface area is 109 Å². The highest BCUT2D eigenvalue weighted by Crippen LogP contribution is 2.22. The van der Waals surface area contributed by atoms with Crippen molar-refractivity contribution in [3.05, 3.63) is 27.0 Å². The molecule has 0 radical (unpaired) electrons. The monoisotopic (exact) mass is 317 g/mol. The van der Waals surface area contributed by atoms with Crippen LogP contribution in [-0.2, 0) is 11.2 Å². The normalized spacial score (nSPS) is 10.3. The Morgan fingerprint density at radius 1 is 1.50 bits per heavy atom. The smallest absolute Gasteiger partial charge is 0.225 e. The van der Waals surface area contributed by atoms with E-state index in [1.807, 2.05) is 10.8 Å². The molecular weight excluding hydrogens is 310 g/mol. The van der Waals surface area contributed by atoms with Crippen LogP contribution in [0, 0.1) is 0 Å². The van der Waals surface area contributed by atoms with Gasteiger partial charge in [-0.1, -0.05) is 0 Å². The average Bonchev–Trinajstić information content (AvgIpc) is 2.87. The van der Waals surface area contributed by atoms with Crippen LogP contribution in [0.3, 0.4) is 0 Å². The summed E-state index contributed by atoms with van der Waals surface area (Å²) in [7, 11) is 0. The maximum absolute atomic E-state index is 11.5. The summed E-state index contributed by atoms with van der Waals surface area (Å²) in [5.41, 5.74) is 1.16. The molecule has 0 aliphatic carbocycles. The summed E-state index contributed by atoms with van der Waals surface area (Å²) >= 11 is 6.14. The molecular formula is C9H8BrN3OS2. The molecule has 4 nitrogen and oxygen atoms in total. The van der Waals surface area contributed by atoms with Crippen LogP contribution >= 0.6 is 39.0 Å². The number of halogens is 1. The first-order valence-corrected chi connectivity index (χ1v) is 7.00. The molecule has 0 bridgehead atoms. The molecule has 0 aliphatic rings. The van der Waals surface area contributed by atoms with Gasteiger partial charge in [-0.25, -0.2) is 0 Å². The van der Waals surface area contributed by atoms with E-state index in [-0.39, 0.29) is 5.91 Å². The Hall–Kier alpha value is -0.790. The fraction of sp³-hybridized carbons (Fsp3) is 0.222. The second-order valence-electron chi connectivity index (χ2n) is 3.09. The Bertz CT molecular complexity index is 469. The minimum atomic E-state index is -0.0363. The fourth-order valence-corrected chi connectivity index (χ4v) is 3.07. The summed E-state index contributed by atoms with van der Waals surface area (Å²) in [6, 6.07) is 0. The van der Waals surface area contributed by atoms with E-state index in [0.29, 0.717) is 12.2 Å². The van der Waals surface area contributed by atoms with E-state index in [1.165, 1.54) is 0 Å². The maximum atomic E-state index is 11.5. The van der Waals surface area contributed by atoms with Gasteiger partial charge in [-0.3, -0.25) is 4.79 Å². The highest BCUT2D eigenvalue weighted by atomic mass is 79.9. The van der Waals surface area contributed by atoms with Crippen molar-refractivity contribution in [2.45, 2.75) is 12.8 Å². The Kier molecular flexibility index (Phi) is 4.03. The van der Waals surface area contributed by atoms with E-state index in [2.05, 4.69) is 30.0 Å². The first-order valence-electron chi connectivity index (χ1n) is 4.53. The molecule has 0 saturated heterocycles. The number of carbonyl (C=O) groups is 1. The van der Waals surface area contributed by atoms with Gasteiger partial charge in [-0.2, -0.15) is 20.1 Å². The lowest BCUT2D eigenvalue weighted by molar-refractivity contribution is -0.116. The van der Waals surface area contributed by atoms with Gasteiger partial charge in [0, 0.05) is 16.3 Å². The predicted octanol–water partition coefficient (Wildman–Crippen LogP) is 2.93. The Morgan fingerprint density at radius 2 is 2.38 bits per heavy atom. The van der Waals surface area contributed by atoms with Crippen molar-refractivity contribution in [3.8, 4) is 0 Å². The Balaban J connectivity index is 1.82. The molecule has 2 aromatic rings. The van der Waals surface area contributed by atoms with Gasteiger partial charge >= 0.3 is 0 Å². The molecule has 16 heavy (non-hydrogen) atoms. The second-order valence-corrected chi connectivity index (χ2v) is 5.24. The summed E-state index contributed by atoms with van der Waals surface area (Å²) in [4.78, 5) is 11.5. The first kappa shape index (κ1) is 11.7. The molecule has 0 unspecified atom stereocenters. The highest BCUT2D eigenvalue weighted by molar-refractivity contribution is 9.10. The highest BCUT2D eigenvalue weighted by Gasteiger charge is 2.07. The SMILES string of the molecule is O=C(CCc1cscc1Br)Nc1cnsn1. The number of aromatic nitrogens is 2. The fourth-order valence-electron chi connectivity index (χ4n) is 1.16. The molecule has 2 rings (SSSR count). The maximum Gasteiger partial charge on any atom is 0.225 e. The number of carbonyl (C=O) groups excluding carboxylic acids is 1. The lowest BCUT2D eigenvalue weighted by atomic mass is 10.2. The zero-order chi connectivity index (χ0) is 11.4. The number of aryl methyl sites for hydroxylation is 1. The lowest BCUT2D eigenvalue weighted by Gasteiger charge is -2.00. The van der Waals surface area contributed by atoms with Gasteiger partial charge in [0.05, 0.1) is 17.9 Å². The van der Waals surface area contributed by atoms with Crippen LogP contribution in [0.5, 0.6) is 0 Å². The van der Waals surface area contributed by atoms with E-state index in [0.717, 1.165) is 28.2 Å². The summed E-state index contributed by atoms with van der Waals surface area (Å²) in [6.07, 6.45) is 2.73. The quantitative estimate of drug-likeness (QED) is 0.943. The standard InChI is InChI=1S/C9H8BrN3OS2/c10-7-5-15-4-6(7)1-2-9(14)12-8-3-11-16-13-8/h3-5H,1-2H2,(H,12,13,14). The topological polar surface area (TPSA) is 54.9 Å². The number of anilines is 1. The van der Waals surface area contributed by atoms with Crippen molar-refractivity contribution in [3.63, 3.8) is 0 Å². The lowest BCUT2D eigenvalue weighted by Crippen LogP contribution is -2.12. The summed E-state index contributed by atoms with van der Waals surface area (Å²) < 4.78 is 8.79. The number of hydrogen-bond acceptors (Lipinski definition) is 5. The second kappa shape index (κ2) is 5.51. The molecule has 0 aromatic carbocycles. The van der Waals surface area contributed by atoms with E-state index < -0.39 is 0 Å². The zero-order valence-electron chi connectivity index (χ0n) is 8.14. The molecule has 84 valence electrons. The average molecular weight is 318 g/mol. The largest absolute Gasteiger partial charge is 0.308 e. The van der Waals surface area contributed by atoms with E-state index in [9.17, 15) is 4.79 Å². The van der Waals surface area contributed by atoms with Crippen molar-refractivity contribution in [2.75, 3.05) is 5.32 Å². The van der Waals surface area contributed by atoms with Crippen LogP contribution in [0.1, 0.15) is 12.0 Å².